The maximum atomic E-state index is 12.8. The molecule has 4 aromatic rings. The minimum atomic E-state index is -3.79. The van der Waals surface area contributed by atoms with Crippen molar-refractivity contribution >= 4 is 32.0 Å². The van der Waals surface area contributed by atoms with Crippen LogP contribution in [-0.2, 0) is 10.0 Å². The highest BCUT2D eigenvalue weighted by atomic mass is 32.2. The van der Waals surface area contributed by atoms with E-state index >= 15 is 0 Å². The quantitative estimate of drug-likeness (QED) is 0.517. The van der Waals surface area contributed by atoms with Crippen molar-refractivity contribution in [3.05, 3.63) is 60.2 Å². The van der Waals surface area contributed by atoms with Crippen molar-refractivity contribution in [2.45, 2.75) is 4.90 Å². The fourth-order valence-electron chi connectivity index (χ4n) is 2.81. The molecule has 0 saturated carbocycles. The van der Waals surface area contributed by atoms with Gasteiger partial charge in [-0.15, -0.1) is 11.3 Å². The fraction of sp³-hybridized carbons (Fsp3) is 0.105. The van der Waals surface area contributed by atoms with Gasteiger partial charge in [-0.05, 0) is 24.3 Å². The molecule has 0 bridgehead atoms. The van der Waals surface area contributed by atoms with E-state index in [1.165, 1.54) is 37.7 Å². The monoisotopic (exact) mass is 415 g/mol. The summed E-state index contributed by atoms with van der Waals surface area (Å²) in [4.78, 5) is 5.52. The van der Waals surface area contributed by atoms with Crippen molar-refractivity contribution in [1.82, 2.24) is 9.38 Å². The Kier molecular flexibility index (Phi) is 4.70. The number of hydrogen-bond donors (Lipinski definition) is 1. The van der Waals surface area contributed by atoms with Crippen LogP contribution >= 0.6 is 11.3 Å². The molecule has 144 valence electrons. The van der Waals surface area contributed by atoms with Crippen LogP contribution in [0, 0.1) is 0 Å². The standard InChI is InChI=1S/C19H17N3O4S2/c1-25-17-7-6-15(11-18(17)26-2)28(23,24)21-14-5-3-4-13(10-14)16-12-22-8-9-27-19(22)20-16/h3-12,21H,1-2H3. The zero-order valence-corrected chi connectivity index (χ0v) is 16.8. The van der Waals surface area contributed by atoms with Gasteiger partial charge in [0.2, 0.25) is 0 Å². The first-order chi connectivity index (χ1) is 13.5. The third-order valence-corrected chi connectivity index (χ3v) is 6.32. The van der Waals surface area contributed by atoms with Crippen LogP contribution in [0.3, 0.4) is 0 Å². The number of nitrogens with one attached hydrogen (secondary N) is 1. The molecule has 2 heterocycles. The Balaban J connectivity index is 1.64. The molecule has 1 N–H and O–H groups in total. The highest BCUT2D eigenvalue weighted by Gasteiger charge is 2.18. The molecule has 9 heteroatoms. The Morgan fingerprint density at radius 2 is 1.89 bits per heavy atom. The molecule has 0 aliphatic rings. The molecule has 0 unspecified atom stereocenters. The fourth-order valence-corrected chi connectivity index (χ4v) is 4.57. The number of imidazole rings is 1. The average Bonchev–Trinajstić information content (AvgIpc) is 3.29. The van der Waals surface area contributed by atoms with Crippen molar-refractivity contribution in [2.75, 3.05) is 18.9 Å². The molecular formula is C19H17N3O4S2. The van der Waals surface area contributed by atoms with E-state index in [-0.39, 0.29) is 4.90 Å². The number of methoxy groups -OCH3 is 2. The molecule has 4 rings (SSSR count). The summed E-state index contributed by atoms with van der Waals surface area (Å²) in [5.74, 6) is 0.806. The van der Waals surface area contributed by atoms with Gasteiger partial charge in [0.25, 0.3) is 10.0 Å². The number of ether oxygens (including phenoxy) is 2. The van der Waals surface area contributed by atoms with Crippen molar-refractivity contribution in [3.8, 4) is 22.8 Å². The zero-order chi connectivity index (χ0) is 19.7. The van der Waals surface area contributed by atoms with Crippen LogP contribution in [0.15, 0.2) is 65.1 Å². The summed E-state index contributed by atoms with van der Waals surface area (Å²) < 4.78 is 40.5. The third-order valence-electron chi connectivity index (χ3n) is 4.17. The summed E-state index contributed by atoms with van der Waals surface area (Å²) in [6.07, 6.45) is 3.84. The van der Waals surface area contributed by atoms with Crippen LogP contribution in [0.5, 0.6) is 11.5 Å². The van der Waals surface area contributed by atoms with Gasteiger partial charge in [0.15, 0.2) is 16.5 Å². The van der Waals surface area contributed by atoms with E-state index < -0.39 is 10.0 Å². The lowest BCUT2D eigenvalue weighted by atomic mass is 10.1. The normalized spacial score (nSPS) is 11.5. The van der Waals surface area contributed by atoms with Gasteiger partial charge < -0.3 is 9.47 Å². The topological polar surface area (TPSA) is 81.9 Å². The molecule has 0 aliphatic carbocycles. The molecule has 0 fully saturated rings. The predicted molar refractivity (Wildman–Crippen MR) is 109 cm³/mol. The lowest BCUT2D eigenvalue weighted by molar-refractivity contribution is 0.354. The second-order valence-corrected chi connectivity index (χ2v) is 8.48. The minimum absolute atomic E-state index is 0.0815. The Morgan fingerprint density at radius 3 is 2.64 bits per heavy atom. The summed E-state index contributed by atoms with van der Waals surface area (Å²) in [7, 11) is -0.838. The van der Waals surface area contributed by atoms with Crippen LogP contribution in [0.2, 0.25) is 0 Å². The minimum Gasteiger partial charge on any atom is -0.493 e. The number of nitrogens with zero attached hydrogens (tertiary/aromatic N) is 2. The summed E-state index contributed by atoms with van der Waals surface area (Å²) in [5.41, 5.74) is 2.05. The van der Waals surface area contributed by atoms with Gasteiger partial charge in [0.05, 0.1) is 24.8 Å². The zero-order valence-electron chi connectivity index (χ0n) is 15.1. The number of aromatic nitrogens is 2. The lowest BCUT2D eigenvalue weighted by Gasteiger charge is -2.12. The molecule has 28 heavy (non-hydrogen) atoms. The molecule has 0 saturated heterocycles. The third kappa shape index (κ3) is 3.41. The van der Waals surface area contributed by atoms with Gasteiger partial charge in [-0.2, -0.15) is 0 Å². The van der Waals surface area contributed by atoms with E-state index in [0.717, 1.165) is 16.2 Å². The van der Waals surface area contributed by atoms with Crippen LogP contribution in [0.25, 0.3) is 16.2 Å². The van der Waals surface area contributed by atoms with Crippen molar-refractivity contribution in [1.29, 1.82) is 0 Å². The smallest absolute Gasteiger partial charge is 0.262 e. The molecular weight excluding hydrogens is 398 g/mol. The van der Waals surface area contributed by atoms with Gasteiger partial charge in [-0.1, -0.05) is 12.1 Å². The number of fused-ring (bicyclic) bond motifs is 1. The largest absolute Gasteiger partial charge is 0.493 e. The summed E-state index contributed by atoms with van der Waals surface area (Å²) in [6, 6.07) is 11.6. The van der Waals surface area contributed by atoms with Crippen molar-refractivity contribution in [3.63, 3.8) is 0 Å². The van der Waals surface area contributed by atoms with E-state index in [1.54, 1.807) is 24.3 Å². The van der Waals surface area contributed by atoms with Gasteiger partial charge in [0.1, 0.15) is 0 Å². The van der Waals surface area contributed by atoms with E-state index in [0.29, 0.717) is 17.2 Å². The van der Waals surface area contributed by atoms with E-state index in [4.69, 9.17) is 9.47 Å². The first kappa shape index (κ1) is 18.3. The Bertz CT molecular complexity index is 1220. The van der Waals surface area contributed by atoms with E-state index in [1.807, 2.05) is 28.2 Å². The molecule has 0 spiro atoms. The van der Waals surface area contributed by atoms with E-state index in [2.05, 4.69) is 9.71 Å². The Labute approximate surface area is 166 Å². The number of hydrogen-bond acceptors (Lipinski definition) is 6. The molecule has 0 amide bonds. The summed E-state index contributed by atoms with van der Waals surface area (Å²) in [6.45, 7) is 0. The number of thiazole rings is 1. The van der Waals surface area contributed by atoms with E-state index in [9.17, 15) is 8.42 Å². The molecule has 0 aliphatic heterocycles. The number of anilines is 1. The van der Waals surface area contributed by atoms with Gasteiger partial charge >= 0.3 is 0 Å². The number of sulfonamides is 1. The number of rotatable bonds is 6. The number of benzene rings is 2. The van der Waals surface area contributed by atoms with Crippen LogP contribution in [0.4, 0.5) is 5.69 Å². The second-order valence-electron chi connectivity index (χ2n) is 5.92. The molecule has 0 radical (unpaired) electrons. The maximum absolute atomic E-state index is 12.8. The average molecular weight is 415 g/mol. The SMILES string of the molecule is COc1ccc(S(=O)(=O)Nc2cccc(-c3cn4ccsc4n3)c2)cc1OC. The van der Waals surface area contributed by atoms with Gasteiger partial charge in [-0.3, -0.25) is 9.12 Å². The molecule has 7 nitrogen and oxygen atoms in total. The van der Waals surface area contributed by atoms with Gasteiger partial charge in [-0.25, -0.2) is 13.4 Å². The molecule has 0 atom stereocenters. The van der Waals surface area contributed by atoms with Crippen LogP contribution in [0.1, 0.15) is 0 Å². The molecule has 2 aromatic carbocycles. The Hall–Kier alpha value is -3.04. The van der Waals surface area contributed by atoms with Crippen LogP contribution in [-0.4, -0.2) is 32.0 Å². The summed E-state index contributed by atoms with van der Waals surface area (Å²) >= 11 is 1.54. The van der Waals surface area contributed by atoms with Crippen molar-refractivity contribution < 1.29 is 17.9 Å². The van der Waals surface area contributed by atoms with Gasteiger partial charge in [0, 0.05) is 35.1 Å². The lowest BCUT2D eigenvalue weighted by Crippen LogP contribution is -2.13. The first-order valence-electron chi connectivity index (χ1n) is 8.27. The maximum Gasteiger partial charge on any atom is 0.262 e. The predicted octanol–water partition coefficient (Wildman–Crippen LogP) is 3.88. The van der Waals surface area contributed by atoms with Crippen molar-refractivity contribution in [2.24, 2.45) is 0 Å². The highest BCUT2D eigenvalue weighted by Crippen LogP contribution is 2.31. The second kappa shape index (κ2) is 7.17. The Morgan fingerprint density at radius 1 is 1.07 bits per heavy atom. The summed E-state index contributed by atoms with van der Waals surface area (Å²) in [5, 5.41) is 1.96. The van der Waals surface area contributed by atoms with Crippen LogP contribution < -0.4 is 14.2 Å². The molecule has 2 aromatic heterocycles. The first-order valence-corrected chi connectivity index (χ1v) is 10.6. The highest BCUT2D eigenvalue weighted by molar-refractivity contribution is 7.92.